The van der Waals surface area contributed by atoms with Gasteiger partial charge in [0, 0.05) is 17.5 Å². The van der Waals surface area contributed by atoms with Crippen LogP contribution in [0.4, 0.5) is 0 Å². The largest absolute Gasteiger partial charge is 0.388 e. The van der Waals surface area contributed by atoms with Gasteiger partial charge in [0.05, 0.1) is 29.9 Å². The molecule has 1 unspecified atom stereocenters. The molecule has 3 N–H and O–H groups in total. The van der Waals surface area contributed by atoms with Crippen LogP contribution in [-0.4, -0.2) is 50.2 Å². The monoisotopic (exact) mass is 516 g/mol. The first-order chi connectivity index (χ1) is 17.9. The third-order valence-corrected chi connectivity index (χ3v) is 7.31. The van der Waals surface area contributed by atoms with E-state index in [1.54, 1.807) is 36.9 Å². The molecule has 1 aromatic heterocycles. The maximum atomic E-state index is 13.5. The summed E-state index contributed by atoms with van der Waals surface area (Å²) in [6.07, 6.45) is 1.86. The molecule has 38 heavy (non-hydrogen) atoms. The van der Waals surface area contributed by atoms with E-state index in [1.165, 1.54) is 0 Å². The summed E-state index contributed by atoms with van der Waals surface area (Å²) in [6, 6.07) is 14.6. The molecule has 2 heterocycles. The fraction of sp³-hybridized carbons (Fsp3) is 0.400. The number of benzene rings is 2. The minimum Gasteiger partial charge on any atom is -0.388 e. The summed E-state index contributed by atoms with van der Waals surface area (Å²) in [4.78, 5) is 40.3. The normalized spacial score (nSPS) is 17.5. The number of aromatic amines is 1. The minimum absolute atomic E-state index is 0.155. The van der Waals surface area contributed by atoms with Crippen molar-refractivity contribution in [2.24, 2.45) is 0 Å². The molecule has 1 aliphatic rings. The van der Waals surface area contributed by atoms with Crippen LogP contribution in [-0.2, 0) is 11.2 Å². The number of H-pyrrole nitrogens is 1. The van der Waals surface area contributed by atoms with Crippen LogP contribution in [0.1, 0.15) is 76.6 Å². The van der Waals surface area contributed by atoms with Gasteiger partial charge in [-0.25, -0.2) is 5.10 Å². The van der Waals surface area contributed by atoms with Gasteiger partial charge in [-0.1, -0.05) is 35.9 Å². The maximum absolute atomic E-state index is 13.5. The van der Waals surface area contributed by atoms with E-state index >= 15 is 0 Å². The average Bonchev–Trinajstić information content (AvgIpc) is 3.32. The molecular weight excluding hydrogens is 480 g/mol. The highest BCUT2D eigenvalue weighted by Gasteiger charge is 2.44. The first-order valence-electron chi connectivity index (χ1n) is 13.0. The maximum Gasteiger partial charge on any atom is 0.267 e. The van der Waals surface area contributed by atoms with Crippen LogP contribution in [0.15, 0.2) is 53.3 Å². The van der Waals surface area contributed by atoms with Crippen LogP contribution in [0, 0.1) is 20.8 Å². The zero-order valence-electron chi connectivity index (χ0n) is 22.7. The molecule has 0 bridgehead atoms. The molecule has 200 valence electrons. The Bertz CT molecular complexity index is 1410. The number of hydrogen-bond acceptors (Lipinski definition) is 5. The molecule has 1 aliphatic heterocycles. The van der Waals surface area contributed by atoms with Crippen molar-refractivity contribution in [1.29, 1.82) is 0 Å². The van der Waals surface area contributed by atoms with Crippen LogP contribution in [0.25, 0.3) is 0 Å². The number of amides is 2. The van der Waals surface area contributed by atoms with Gasteiger partial charge in [0.15, 0.2) is 0 Å². The van der Waals surface area contributed by atoms with Crippen molar-refractivity contribution in [3.05, 3.63) is 98.0 Å². The van der Waals surface area contributed by atoms with E-state index in [0.29, 0.717) is 24.0 Å². The number of aliphatic hydroxyl groups is 1. The molecule has 8 heteroatoms. The van der Waals surface area contributed by atoms with Crippen LogP contribution in [0.2, 0.25) is 0 Å². The van der Waals surface area contributed by atoms with Gasteiger partial charge >= 0.3 is 0 Å². The summed E-state index contributed by atoms with van der Waals surface area (Å²) in [5.41, 5.74) is 4.42. The number of hydrogen-bond donors (Lipinski definition) is 3. The molecule has 4 rings (SSSR count). The van der Waals surface area contributed by atoms with E-state index in [4.69, 9.17) is 0 Å². The third kappa shape index (κ3) is 6.02. The lowest BCUT2D eigenvalue weighted by molar-refractivity contribution is -0.138. The van der Waals surface area contributed by atoms with E-state index in [1.807, 2.05) is 45.0 Å². The lowest BCUT2D eigenvalue weighted by atomic mass is 9.96. The van der Waals surface area contributed by atoms with Crippen molar-refractivity contribution >= 4 is 11.8 Å². The Hall–Kier alpha value is -3.78. The Balaban J connectivity index is 1.47. The van der Waals surface area contributed by atoms with Gasteiger partial charge in [-0.05, 0) is 82.3 Å². The summed E-state index contributed by atoms with van der Waals surface area (Å²) in [5, 5.41) is 20.0. The summed E-state index contributed by atoms with van der Waals surface area (Å²) >= 11 is 0. The fourth-order valence-corrected chi connectivity index (χ4v) is 5.34. The molecule has 2 atom stereocenters. The Morgan fingerprint density at radius 2 is 1.84 bits per heavy atom. The van der Waals surface area contributed by atoms with E-state index in [0.717, 1.165) is 34.4 Å². The number of nitrogens with one attached hydrogen (secondary N) is 2. The number of rotatable bonds is 7. The Morgan fingerprint density at radius 1 is 1.08 bits per heavy atom. The van der Waals surface area contributed by atoms with Crippen molar-refractivity contribution in [2.75, 3.05) is 6.54 Å². The second-order valence-corrected chi connectivity index (χ2v) is 10.8. The Labute approximate surface area is 223 Å². The topological polar surface area (TPSA) is 115 Å². The molecule has 0 aliphatic carbocycles. The highest BCUT2D eigenvalue weighted by atomic mass is 16.3. The van der Waals surface area contributed by atoms with Gasteiger partial charge in [0.25, 0.3) is 11.5 Å². The lowest BCUT2D eigenvalue weighted by Gasteiger charge is -2.37. The first kappa shape index (κ1) is 27.3. The lowest BCUT2D eigenvalue weighted by Crippen LogP contribution is -2.51. The predicted octanol–water partition coefficient (Wildman–Crippen LogP) is 3.52. The molecule has 3 aromatic rings. The van der Waals surface area contributed by atoms with Crippen LogP contribution < -0.4 is 10.9 Å². The number of aromatic nitrogens is 2. The molecule has 2 amide bonds. The smallest absolute Gasteiger partial charge is 0.267 e. The molecule has 8 nitrogen and oxygen atoms in total. The number of carbonyl (C=O) groups excluding carboxylic acids is 2. The highest BCUT2D eigenvalue weighted by molar-refractivity contribution is 5.96. The zero-order chi connectivity index (χ0) is 27.6. The number of nitrogens with zero attached hydrogens (tertiary/aromatic N) is 2. The Kier molecular flexibility index (Phi) is 7.83. The average molecular weight is 517 g/mol. The van der Waals surface area contributed by atoms with E-state index in [9.17, 15) is 19.5 Å². The number of aryl methyl sites for hydroxylation is 3. The van der Waals surface area contributed by atoms with Crippen molar-refractivity contribution in [1.82, 2.24) is 20.4 Å². The third-order valence-electron chi connectivity index (χ3n) is 7.31. The number of likely N-dealkylation sites (tertiary alicyclic amines) is 1. The van der Waals surface area contributed by atoms with Crippen molar-refractivity contribution < 1.29 is 14.7 Å². The van der Waals surface area contributed by atoms with Crippen LogP contribution >= 0.6 is 0 Å². The van der Waals surface area contributed by atoms with Crippen LogP contribution in [0.3, 0.4) is 0 Å². The molecule has 0 saturated carbocycles. The molecule has 1 saturated heterocycles. The zero-order valence-corrected chi connectivity index (χ0v) is 22.7. The minimum atomic E-state index is -1.07. The molecule has 0 spiro atoms. The second-order valence-electron chi connectivity index (χ2n) is 10.8. The van der Waals surface area contributed by atoms with Gasteiger partial charge in [0.1, 0.15) is 0 Å². The molecule has 2 aromatic carbocycles. The van der Waals surface area contributed by atoms with Crippen molar-refractivity contribution in [2.45, 2.75) is 71.6 Å². The van der Waals surface area contributed by atoms with Gasteiger partial charge in [0.2, 0.25) is 5.91 Å². The van der Waals surface area contributed by atoms with Crippen molar-refractivity contribution in [3.63, 3.8) is 0 Å². The SMILES string of the molecule is Cc1cccc(C2CC[C@H](C(C)(C)O)N2C(=O)CNC(=O)c2ccc(Cc3cc(C)n[nH]c3=O)c(C)c2)c1. The van der Waals surface area contributed by atoms with Crippen LogP contribution in [0.5, 0.6) is 0 Å². The summed E-state index contributed by atoms with van der Waals surface area (Å²) in [6.45, 7) is 9.00. The standard InChI is InChI=1S/C30H36N4O4/c1-18-7-6-8-22(13-18)25-11-12-26(30(4,5)38)34(25)27(35)17-31-28(36)23-10-9-21(19(2)14-23)16-24-15-20(3)32-33-29(24)37/h6-10,13-15,25-26,38H,11-12,16-17H2,1-5H3,(H,31,36)(H,33,37)/t25?,26-/m1/s1. The van der Waals surface area contributed by atoms with Gasteiger partial charge in [-0.15, -0.1) is 0 Å². The Morgan fingerprint density at radius 3 is 2.53 bits per heavy atom. The van der Waals surface area contributed by atoms with E-state index < -0.39 is 5.60 Å². The molecule has 0 radical (unpaired) electrons. The summed E-state index contributed by atoms with van der Waals surface area (Å²) in [5.74, 6) is -0.577. The second kappa shape index (κ2) is 10.9. The van der Waals surface area contributed by atoms with E-state index in [-0.39, 0.29) is 36.0 Å². The van der Waals surface area contributed by atoms with E-state index in [2.05, 4.69) is 21.6 Å². The highest BCUT2D eigenvalue weighted by Crippen LogP contribution is 2.40. The number of carbonyl (C=O) groups is 2. The predicted molar refractivity (Wildman–Crippen MR) is 146 cm³/mol. The molecule has 1 fully saturated rings. The van der Waals surface area contributed by atoms with Gasteiger partial charge < -0.3 is 15.3 Å². The van der Waals surface area contributed by atoms with Gasteiger partial charge in [-0.2, -0.15) is 5.10 Å². The summed E-state index contributed by atoms with van der Waals surface area (Å²) in [7, 11) is 0. The fourth-order valence-electron chi connectivity index (χ4n) is 5.34. The summed E-state index contributed by atoms with van der Waals surface area (Å²) < 4.78 is 0. The van der Waals surface area contributed by atoms with Crippen molar-refractivity contribution in [3.8, 4) is 0 Å². The van der Waals surface area contributed by atoms with Gasteiger partial charge in [-0.3, -0.25) is 14.4 Å². The first-order valence-corrected chi connectivity index (χ1v) is 13.0. The quantitative estimate of drug-likeness (QED) is 0.445. The molecular formula is C30H36N4O4.